The highest BCUT2D eigenvalue weighted by Gasteiger charge is 2.13. The Morgan fingerprint density at radius 1 is 0.944 bits per heavy atom. The number of rotatable bonds is 2. The van der Waals surface area contributed by atoms with Crippen molar-refractivity contribution >= 4 is 5.82 Å². The molecule has 0 amide bonds. The van der Waals surface area contributed by atoms with Crippen molar-refractivity contribution in [3.63, 3.8) is 0 Å². The molecule has 0 radical (unpaired) electrons. The number of hydrogen-bond donors (Lipinski definition) is 1. The smallest absolute Gasteiger partial charge is 0.157 e. The van der Waals surface area contributed by atoms with Gasteiger partial charge in [0.25, 0.3) is 0 Å². The minimum Gasteiger partial charge on any atom is -0.382 e. The van der Waals surface area contributed by atoms with E-state index in [1.807, 2.05) is 48.5 Å². The number of pyridine rings is 1. The molecule has 0 spiro atoms. The quantitative estimate of drug-likeness (QED) is 0.739. The predicted octanol–water partition coefficient (Wildman–Crippen LogP) is 1.91. The second-order valence-electron chi connectivity index (χ2n) is 3.79. The molecule has 18 heavy (non-hydrogen) atoms. The summed E-state index contributed by atoms with van der Waals surface area (Å²) in [5, 5.41) is 8.15. The number of benzene rings is 1. The molecule has 0 aliphatic carbocycles. The lowest BCUT2D eigenvalue weighted by atomic mass is 10.2. The zero-order chi connectivity index (χ0) is 12.4. The number of anilines is 1. The second-order valence-corrected chi connectivity index (χ2v) is 3.79. The Balaban J connectivity index is 2.09. The second kappa shape index (κ2) is 4.29. The first kappa shape index (κ1) is 10.5. The number of aromatic nitrogens is 4. The van der Waals surface area contributed by atoms with Crippen LogP contribution in [0.5, 0.6) is 0 Å². The maximum absolute atomic E-state index is 6.07. The molecule has 5 nitrogen and oxygen atoms in total. The van der Waals surface area contributed by atoms with Gasteiger partial charge in [0.05, 0.1) is 11.4 Å². The van der Waals surface area contributed by atoms with Gasteiger partial charge in [-0.1, -0.05) is 29.5 Å². The summed E-state index contributed by atoms with van der Waals surface area (Å²) in [5.74, 6) is 0.486. The normalized spacial score (nSPS) is 10.4. The highest BCUT2D eigenvalue weighted by Crippen LogP contribution is 2.22. The summed E-state index contributed by atoms with van der Waals surface area (Å²) in [4.78, 5) is 4.22. The van der Waals surface area contributed by atoms with E-state index in [2.05, 4.69) is 15.3 Å². The van der Waals surface area contributed by atoms with Crippen LogP contribution in [-0.2, 0) is 0 Å². The van der Waals surface area contributed by atoms with Crippen molar-refractivity contribution in [3.05, 3.63) is 54.7 Å². The largest absolute Gasteiger partial charge is 0.382 e. The van der Waals surface area contributed by atoms with E-state index in [1.54, 1.807) is 10.9 Å². The minimum atomic E-state index is 0.486. The van der Waals surface area contributed by atoms with Crippen molar-refractivity contribution in [1.82, 2.24) is 20.0 Å². The summed E-state index contributed by atoms with van der Waals surface area (Å²) in [5.41, 5.74) is 8.26. The Hall–Kier alpha value is -2.69. The topological polar surface area (TPSA) is 69.6 Å². The van der Waals surface area contributed by atoms with Gasteiger partial charge in [0, 0.05) is 6.20 Å². The van der Waals surface area contributed by atoms with Crippen LogP contribution in [0.2, 0.25) is 0 Å². The molecule has 0 saturated carbocycles. The van der Waals surface area contributed by atoms with Crippen LogP contribution in [0.4, 0.5) is 5.82 Å². The third-order valence-electron chi connectivity index (χ3n) is 2.61. The zero-order valence-electron chi connectivity index (χ0n) is 9.56. The molecule has 0 atom stereocenters. The van der Waals surface area contributed by atoms with Crippen molar-refractivity contribution in [2.24, 2.45) is 0 Å². The van der Waals surface area contributed by atoms with Gasteiger partial charge in [0.1, 0.15) is 0 Å². The summed E-state index contributed by atoms with van der Waals surface area (Å²) < 4.78 is 1.60. The molecular weight excluding hydrogens is 226 g/mol. The molecule has 88 valence electrons. The highest BCUT2D eigenvalue weighted by molar-refractivity contribution is 5.67. The molecule has 2 N–H and O–H groups in total. The van der Waals surface area contributed by atoms with Gasteiger partial charge < -0.3 is 5.73 Å². The van der Waals surface area contributed by atoms with Crippen LogP contribution in [0.1, 0.15) is 0 Å². The Labute approximate surface area is 104 Å². The lowest BCUT2D eigenvalue weighted by Gasteiger charge is -2.02. The van der Waals surface area contributed by atoms with Crippen molar-refractivity contribution in [2.45, 2.75) is 0 Å². The van der Waals surface area contributed by atoms with Gasteiger partial charge in [-0.25, -0.2) is 0 Å². The Bertz CT molecular complexity index is 589. The van der Waals surface area contributed by atoms with Gasteiger partial charge in [-0.15, -0.1) is 5.10 Å². The number of nitrogen functional groups attached to an aromatic ring is 1. The fourth-order valence-electron chi connectivity index (χ4n) is 1.73. The van der Waals surface area contributed by atoms with E-state index in [0.717, 1.165) is 11.4 Å². The summed E-state index contributed by atoms with van der Waals surface area (Å²) in [6, 6.07) is 15.2. The Morgan fingerprint density at radius 2 is 1.72 bits per heavy atom. The fraction of sp³-hybridized carbons (Fsp3) is 0. The van der Waals surface area contributed by atoms with Crippen molar-refractivity contribution in [3.8, 4) is 17.1 Å². The lowest BCUT2D eigenvalue weighted by molar-refractivity contribution is 0.810. The van der Waals surface area contributed by atoms with Gasteiger partial charge in [0.15, 0.2) is 11.5 Å². The SMILES string of the molecule is Nc1c(-c2ccccn2)nnn1-c1ccccc1. The average molecular weight is 237 g/mol. The molecule has 0 fully saturated rings. The van der Waals surface area contributed by atoms with Gasteiger partial charge in [-0.2, -0.15) is 4.68 Å². The number of para-hydroxylation sites is 1. The number of hydrogen-bond acceptors (Lipinski definition) is 4. The van der Waals surface area contributed by atoms with Crippen molar-refractivity contribution < 1.29 is 0 Å². The van der Waals surface area contributed by atoms with Gasteiger partial charge >= 0.3 is 0 Å². The van der Waals surface area contributed by atoms with Gasteiger partial charge in [-0.3, -0.25) is 4.98 Å². The molecule has 0 unspecified atom stereocenters. The minimum absolute atomic E-state index is 0.486. The van der Waals surface area contributed by atoms with Gasteiger partial charge in [0.2, 0.25) is 0 Å². The Kier molecular flexibility index (Phi) is 2.49. The lowest BCUT2D eigenvalue weighted by Crippen LogP contribution is -2.02. The van der Waals surface area contributed by atoms with Crippen LogP contribution in [-0.4, -0.2) is 20.0 Å². The summed E-state index contributed by atoms with van der Waals surface area (Å²) in [7, 11) is 0. The van der Waals surface area contributed by atoms with Crippen molar-refractivity contribution in [2.75, 3.05) is 5.73 Å². The highest BCUT2D eigenvalue weighted by atomic mass is 15.5. The molecule has 3 rings (SSSR count). The molecule has 1 aromatic carbocycles. The van der Waals surface area contributed by atoms with Crippen LogP contribution in [0.25, 0.3) is 17.1 Å². The number of nitrogens with two attached hydrogens (primary N) is 1. The molecule has 0 saturated heterocycles. The molecule has 2 heterocycles. The van der Waals surface area contributed by atoms with Crippen LogP contribution in [0, 0.1) is 0 Å². The van der Waals surface area contributed by atoms with E-state index in [1.165, 1.54) is 0 Å². The average Bonchev–Trinajstić information content (AvgIpc) is 2.83. The first-order valence-corrected chi connectivity index (χ1v) is 5.54. The van der Waals surface area contributed by atoms with Crippen molar-refractivity contribution in [1.29, 1.82) is 0 Å². The molecular formula is C13H11N5. The third-order valence-corrected chi connectivity index (χ3v) is 2.61. The van der Waals surface area contributed by atoms with E-state index in [9.17, 15) is 0 Å². The predicted molar refractivity (Wildman–Crippen MR) is 69.0 cm³/mol. The zero-order valence-corrected chi connectivity index (χ0v) is 9.56. The Morgan fingerprint density at radius 3 is 2.44 bits per heavy atom. The first-order valence-electron chi connectivity index (χ1n) is 5.54. The summed E-state index contributed by atoms with van der Waals surface area (Å²) in [6.45, 7) is 0. The summed E-state index contributed by atoms with van der Waals surface area (Å²) >= 11 is 0. The molecule has 0 aliphatic heterocycles. The monoisotopic (exact) mass is 237 g/mol. The van der Waals surface area contributed by atoms with E-state index < -0.39 is 0 Å². The molecule has 0 bridgehead atoms. The van der Waals surface area contributed by atoms with E-state index in [0.29, 0.717) is 11.5 Å². The van der Waals surface area contributed by atoms with Crippen LogP contribution in [0.3, 0.4) is 0 Å². The van der Waals surface area contributed by atoms with Crippen LogP contribution < -0.4 is 5.73 Å². The summed E-state index contributed by atoms with van der Waals surface area (Å²) in [6.07, 6.45) is 1.70. The van der Waals surface area contributed by atoms with Gasteiger partial charge in [-0.05, 0) is 24.3 Å². The number of nitrogens with zero attached hydrogens (tertiary/aromatic N) is 4. The standard InChI is InChI=1S/C13H11N5/c14-13-12(11-8-4-5-9-15-11)16-17-18(13)10-6-2-1-3-7-10/h1-9H,14H2. The molecule has 2 aromatic heterocycles. The van der Waals surface area contributed by atoms with Crippen LogP contribution in [0.15, 0.2) is 54.7 Å². The maximum atomic E-state index is 6.07. The molecule has 3 aromatic rings. The van der Waals surface area contributed by atoms with E-state index in [4.69, 9.17) is 5.73 Å². The fourth-order valence-corrected chi connectivity index (χ4v) is 1.73. The third kappa shape index (κ3) is 1.71. The van der Waals surface area contributed by atoms with E-state index in [-0.39, 0.29) is 0 Å². The first-order chi connectivity index (χ1) is 8.86. The van der Waals surface area contributed by atoms with E-state index >= 15 is 0 Å². The molecule has 5 heteroatoms. The molecule has 0 aliphatic rings. The maximum Gasteiger partial charge on any atom is 0.157 e. The van der Waals surface area contributed by atoms with Crippen LogP contribution >= 0.6 is 0 Å².